The van der Waals surface area contributed by atoms with Gasteiger partial charge in [-0.15, -0.1) is 0 Å². The minimum Gasteiger partial charge on any atom is -0.370 e. The predicted octanol–water partition coefficient (Wildman–Crippen LogP) is 0.912. The molecule has 1 aliphatic carbocycles. The zero-order chi connectivity index (χ0) is 9.27. The third-order valence-corrected chi connectivity index (χ3v) is 3.89. The number of ether oxygens (including phenoxy) is 2. The number of hydrogen-bond donors (Lipinski definition) is 0. The summed E-state index contributed by atoms with van der Waals surface area (Å²) in [5, 5.41) is 0. The first-order valence-electron chi connectivity index (χ1n) is 4.90. The lowest BCUT2D eigenvalue weighted by atomic mass is 9.76. The normalized spacial score (nSPS) is 58.8. The van der Waals surface area contributed by atoms with E-state index in [1.807, 2.05) is 6.92 Å². The van der Waals surface area contributed by atoms with Gasteiger partial charge in [-0.25, -0.2) is 0 Å². The average Bonchev–Trinajstić information content (AvgIpc) is 2.90. The molecular formula is C10H14O3. The lowest BCUT2D eigenvalue weighted by molar-refractivity contribution is -0.125. The van der Waals surface area contributed by atoms with Gasteiger partial charge in [0.2, 0.25) is 0 Å². The van der Waals surface area contributed by atoms with Crippen molar-refractivity contribution in [2.24, 2.45) is 5.92 Å². The molecule has 1 saturated carbocycles. The Labute approximate surface area is 77.4 Å². The molecule has 3 fully saturated rings. The van der Waals surface area contributed by atoms with Crippen LogP contribution in [-0.2, 0) is 14.3 Å². The number of carbonyl (C=O) groups is 1. The Morgan fingerprint density at radius 2 is 2.15 bits per heavy atom. The predicted molar refractivity (Wildman–Crippen MR) is 45.4 cm³/mol. The smallest absolute Gasteiger partial charge is 0.167 e. The SMILES string of the molecule is C[C@]1([C@@H]2CC(=O)[C@@]3(C)O[C@H]3C2)CO1. The van der Waals surface area contributed by atoms with Crippen molar-refractivity contribution in [1.82, 2.24) is 0 Å². The van der Waals surface area contributed by atoms with Crippen LogP contribution in [0.15, 0.2) is 0 Å². The Morgan fingerprint density at radius 3 is 2.69 bits per heavy atom. The number of ketones is 1. The summed E-state index contributed by atoms with van der Waals surface area (Å²) in [4.78, 5) is 11.7. The number of hydrogen-bond acceptors (Lipinski definition) is 3. The minimum atomic E-state index is -0.415. The van der Waals surface area contributed by atoms with Crippen LogP contribution in [0.3, 0.4) is 0 Å². The molecular weight excluding hydrogens is 168 g/mol. The van der Waals surface area contributed by atoms with Gasteiger partial charge in [-0.2, -0.15) is 0 Å². The largest absolute Gasteiger partial charge is 0.370 e. The van der Waals surface area contributed by atoms with Gasteiger partial charge in [-0.3, -0.25) is 4.79 Å². The van der Waals surface area contributed by atoms with E-state index in [1.54, 1.807) is 0 Å². The maximum absolute atomic E-state index is 11.7. The van der Waals surface area contributed by atoms with E-state index >= 15 is 0 Å². The van der Waals surface area contributed by atoms with Crippen LogP contribution < -0.4 is 0 Å². The Hall–Kier alpha value is -0.410. The fourth-order valence-electron chi connectivity index (χ4n) is 2.36. The standard InChI is InChI=1S/C10H14O3/c1-9(5-12-9)6-3-7(11)10(2)8(4-6)13-10/h6,8H,3-5H2,1-2H3/t6-,8+,9-,10-/m1/s1. The van der Waals surface area contributed by atoms with E-state index in [4.69, 9.17) is 9.47 Å². The fourth-order valence-corrected chi connectivity index (χ4v) is 2.36. The molecule has 72 valence electrons. The van der Waals surface area contributed by atoms with Gasteiger partial charge in [0.1, 0.15) is 5.60 Å². The van der Waals surface area contributed by atoms with Crippen molar-refractivity contribution in [1.29, 1.82) is 0 Å². The van der Waals surface area contributed by atoms with Crippen LogP contribution in [0.2, 0.25) is 0 Å². The van der Waals surface area contributed by atoms with Crippen LogP contribution in [0.25, 0.3) is 0 Å². The summed E-state index contributed by atoms with van der Waals surface area (Å²) in [6.07, 6.45) is 1.82. The molecule has 0 unspecified atom stereocenters. The quantitative estimate of drug-likeness (QED) is 0.566. The first-order valence-corrected chi connectivity index (χ1v) is 4.90. The van der Waals surface area contributed by atoms with E-state index in [1.165, 1.54) is 0 Å². The maximum Gasteiger partial charge on any atom is 0.167 e. The first-order chi connectivity index (χ1) is 6.05. The van der Waals surface area contributed by atoms with E-state index in [2.05, 4.69) is 6.92 Å². The van der Waals surface area contributed by atoms with Crippen molar-refractivity contribution in [2.45, 2.75) is 44.0 Å². The molecule has 0 radical (unpaired) electrons. The van der Waals surface area contributed by atoms with Gasteiger partial charge in [-0.05, 0) is 26.2 Å². The van der Waals surface area contributed by atoms with Crippen molar-refractivity contribution < 1.29 is 14.3 Å². The molecule has 0 spiro atoms. The number of epoxide rings is 2. The second-order valence-corrected chi connectivity index (χ2v) is 4.87. The van der Waals surface area contributed by atoms with Crippen LogP contribution in [0.1, 0.15) is 26.7 Å². The summed E-state index contributed by atoms with van der Waals surface area (Å²) in [5.41, 5.74) is -0.426. The Kier molecular flexibility index (Phi) is 1.21. The van der Waals surface area contributed by atoms with Crippen LogP contribution in [0, 0.1) is 5.92 Å². The Balaban J connectivity index is 1.79. The van der Waals surface area contributed by atoms with Crippen molar-refractivity contribution in [3.8, 4) is 0 Å². The molecule has 0 aromatic carbocycles. The van der Waals surface area contributed by atoms with E-state index in [9.17, 15) is 4.79 Å². The molecule has 3 heteroatoms. The molecule has 13 heavy (non-hydrogen) atoms. The minimum absolute atomic E-state index is 0.0110. The molecule has 2 heterocycles. The van der Waals surface area contributed by atoms with Gasteiger partial charge in [0, 0.05) is 6.42 Å². The van der Waals surface area contributed by atoms with Gasteiger partial charge >= 0.3 is 0 Å². The van der Waals surface area contributed by atoms with Crippen LogP contribution in [0.4, 0.5) is 0 Å². The highest BCUT2D eigenvalue weighted by Crippen LogP contribution is 2.52. The maximum atomic E-state index is 11.7. The molecule has 3 rings (SSSR count). The molecule has 0 N–H and O–H groups in total. The van der Waals surface area contributed by atoms with Crippen molar-refractivity contribution in [3.05, 3.63) is 0 Å². The van der Waals surface area contributed by atoms with E-state index in [-0.39, 0.29) is 17.5 Å². The zero-order valence-corrected chi connectivity index (χ0v) is 8.00. The van der Waals surface area contributed by atoms with E-state index in [0.717, 1.165) is 13.0 Å². The summed E-state index contributed by atoms with van der Waals surface area (Å²) in [7, 11) is 0. The lowest BCUT2D eigenvalue weighted by Crippen LogP contribution is -2.37. The van der Waals surface area contributed by atoms with Crippen LogP contribution in [-0.4, -0.2) is 29.7 Å². The highest BCUT2D eigenvalue weighted by atomic mass is 16.6. The van der Waals surface area contributed by atoms with Gasteiger partial charge in [0.25, 0.3) is 0 Å². The van der Waals surface area contributed by atoms with E-state index < -0.39 is 5.60 Å². The molecule has 2 aliphatic heterocycles. The molecule has 0 aromatic heterocycles. The third-order valence-electron chi connectivity index (χ3n) is 3.89. The topological polar surface area (TPSA) is 42.1 Å². The van der Waals surface area contributed by atoms with Gasteiger partial charge in [0.05, 0.1) is 18.3 Å². The molecule has 2 saturated heterocycles. The summed E-state index contributed by atoms with van der Waals surface area (Å²) >= 11 is 0. The zero-order valence-electron chi connectivity index (χ0n) is 8.00. The second kappa shape index (κ2) is 1.98. The average molecular weight is 182 g/mol. The molecule has 3 nitrogen and oxygen atoms in total. The molecule has 0 bridgehead atoms. The number of rotatable bonds is 1. The first kappa shape index (κ1) is 7.94. The lowest BCUT2D eigenvalue weighted by Gasteiger charge is -2.24. The van der Waals surface area contributed by atoms with Crippen LogP contribution in [0.5, 0.6) is 0 Å². The summed E-state index contributed by atoms with van der Waals surface area (Å²) in [6.45, 7) is 4.82. The second-order valence-electron chi connectivity index (χ2n) is 4.87. The van der Waals surface area contributed by atoms with Crippen molar-refractivity contribution >= 4 is 5.78 Å². The molecule has 0 amide bonds. The molecule has 4 atom stereocenters. The van der Waals surface area contributed by atoms with Gasteiger partial charge < -0.3 is 9.47 Å². The van der Waals surface area contributed by atoms with Crippen LogP contribution >= 0.6 is 0 Å². The molecule has 3 aliphatic rings. The Bertz CT molecular complexity index is 282. The van der Waals surface area contributed by atoms with Crippen molar-refractivity contribution in [3.63, 3.8) is 0 Å². The van der Waals surface area contributed by atoms with Crippen molar-refractivity contribution in [2.75, 3.05) is 6.61 Å². The van der Waals surface area contributed by atoms with Gasteiger partial charge in [-0.1, -0.05) is 0 Å². The summed E-state index contributed by atoms with van der Waals surface area (Å²) in [6, 6.07) is 0. The van der Waals surface area contributed by atoms with E-state index in [0.29, 0.717) is 12.3 Å². The third kappa shape index (κ3) is 0.945. The number of Topliss-reactive ketones (excluding diaryl/α,β-unsaturated/α-hetero) is 1. The number of carbonyl (C=O) groups excluding carboxylic acids is 1. The molecule has 0 aromatic rings. The van der Waals surface area contributed by atoms with Gasteiger partial charge in [0.15, 0.2) is 5.78 Å². The summed E-state index contributed by atoms with van der Waals surface area (Å²) < 4.78 is 10.8. The fraction of sp³-hybridized carbons (Fsp3) is 0.900. The monoisotopic (exact) mass is 182 g/mol. The number of fused-ring (bicyclic) bond motifs is 1. The summed E-state index contributed by atoms with van der Waals surface area (Å²) in [5.74, 6) is 0.658. The Morgan fingerprint density at radius 1 is 1.46 bits per heavy atom. The highest BCUT2D eigenvalue weighted by molar-refractivity contribution is 5.91. The highest BCUT2D eigenvalue weighted by Gasteiger charge is 2.65.